The molecule has 0 spiro atoms. The van der Waals surface area contributed by atoms with E-state index in [1.165, 1.54) is 11.8 Å². The van der Waals surface area contributed by atoms with Crippen LogP contribution in [0, 0.1) is 0 Å². The van der Waals surface area contributed by atoms with Gasteiger partial charge < -0.3 is 10.2 Å². The van der Waals surface area contributed by atoms with Crippen molar-refractivity contribution in [3.63, 3.8) is 0 Å². The molecular formula is C22H18BrN3O2S. The molecule has 4 rings (SSSR count). The molecule has 5 nitrogen and oxygen atoms in total. The van der Waals surface area contributed by atoms with E-state index in [0.717, 1.165) is 25.6 Å². The van der Waals surface area contributed by atoms with Gasteiger partial charge in [0.15, 0.2) is 0 Å². The van der Waals surface area contributed by atoms with Crippen molar-refractivity contribution in [2.45, 2.75) is 22.9 Å². The van der Waals surface area contributed by atoms with Crippen LogP contribution in [-0.2, 0) is 11.3 Å². The summed E-state index contributed by atoms with van der Waals surface area (Å²) < 4.78 is 0.972. The first kappa shape index (κ1) is 19.7. The first-order valence-corrected chi connectivity index (χ1v) is 10.8. The average Bonchev–Trinajstić information content (AvgIpc) is 2.85. The zero-order valence-electron chi connectivity index (χ0n) is 15.5. The maximum absolute atomic E-state index is 13.2. The number of amides is 2. The number of hydrogen-bond donors (Lipinski definition) is 1. The molecule has 0 unspecified atom stereocenters. The highest BCUT2D eigenvalue weighted by atomic mass is 79.9. The number of pyridine rings is 1. The van der Waals surface area contributed by atoms with Crippen molar-refractivity contribution in [3.05, 3.63) is 82.5 Å². The second kappa shape index (κ2) is 8.80. The van der Waals surface area contributed by atoms with Gasteiger partial charge in [0.2, 0.25) is 5.91 Å². The minimum atomic E-state index is -0.111. The van der Waals surface area contributed by atoms with Gasteiger partial charge in [-0.25, -0.2) is 4.98 Å². The van der Waals surface area contributed by atoms with Crippen LogP contribution in [0.4, 0.5) is 5.69 Å². The Labute approximate surface area is 181 Å². The quantitative estimate of drug-likeness (QED) is 0.592. The monoisotopic (exact) mass is 467 g/mol. The fourth-order valence-electron chi connectivity index (χ4n) is 3.13. The minimum absolute atomic E-state index is 0.103. The van der Waals surface area contributed by atoms with E-state index in [0.29, 0.717) is 12.1 Å². The fourth-order valence-corrected chi connectivity index (χ4v) is 4.59. The van der Waals surface area contributed by atoms with E-state index < -0.39 is 0 Å². The van der Waals surface area contributed by atoms with E-state index in [9.17, 15) is 9.59 Å². The Balaban J connectivity index is 1.48. The lowest BCUT2D eigenvalue weighted by Gasteiger charge is -2.22. The molecule has 146 valence electrons. The molecule has 0 saturated carbocycles. The van der Waals surface area contributed by atoms with E-state index in [2.05, 4.69) is 26.2 Å². The van der Waals surface area contributed by atoms with Crippen molar-refractivity contribution < 1.29 is 9.59 Å². The largest absolute Gasteiger partial charge is 0.352 e. The van der Waals surface area contributed by atoms with Gasteiger partial charge in [-0.3, -0.25) is 9.59 Å². The Morgan fingerprint density at radius 1 is 1.10 bits per heavy atom. The summed E-state index contributed by atoms with van der Waals surface area (Å²) in [4.78, 5) is 32.6. The van der Waals surface area contributed by atoms with Gasteiger partial charge in [-0.05, 0) is 42.0 Å². The Hall–Kier alpha value is -2.64. The summed E-state index contributed by atoms with van der Waals surface area (Å²) in [7, 11) is 0. The number of carbonyl (C=O) groups excluding carboxylic acids is 2. The summed E-state index contributed by atoms with van der Waals surface area (Å²) in [5, 5.41) is 3.68. The van der Waals surface area contributed by atoms with E-state index in [1.54, 1.807) is 11.1 Å². The van der Waals surface area contributed by atoms with Crippen LogP contribution in [0.3, 0.4) is 0 Å². The number of rotatable bonds is 5. The van der Waals surface area contributed by atoms with E-state index in [4.69, 9.17) is 0 Å². The minimum Gasteiger partial charge on any atom is -0.352 e. The molecule has 0 atom stereocenters. The van der Waals surface area contributed by atoms with Gasteiger partial charge in [0.05, 0.1) is 11.3 Å². The Bertz CT molecular complexity index is 1070. The Morgan fingerprint density at radius 2 is 1.97 bits per heavy atom. The van der Waals surface area contributed by atoms with Crippen LogP contribution in [0.2, 0.25) is 0 Å². The lowest BCUT2D eigenvalue weighted by atomic mass is 10.1. The number of halogens is 1. The van der Waals surface area contributed by atoms with Gasteiger partial charge in [0.1, 0.15) is 5.03 Å². The molecule has 29 heavy (non-hydrogen) atoms. The van der Waals surface area contributed by atoms with Crippen LogP contribution < -0.4 is 10.2 Å². The number of aromatic nitrogens is 1. The third-order valence-corrected chi connectivity index (χ3v) is 6.13. The van der Waals surface area contributed by atoms with E-state index >= 15 is 0 Å². The summed E-state index contributed by atoms with van der Waals surface area (Å²) in [5.74, 6) is -0.215. The third kappa shape index (κ3) is 4.52. The van der Waals surface area contributed by atoms with Gasteiger partial charge >= 0.3 is 0 Å². The number of benzene rings is 2. The highest BCUT2D eigenvalue weighted by Crippen LogP contribution is 2.39. The molecule has 0 bridgehead atoms. The standard InChI is InChI=1S/C22H18BrN3O2S/c23-16-6-3-5-15(13-16)14-25-20(27)10-12-26-18-8-4-11-24-21(18)29-19-9-2-1-7-17(19)22(26)28/h1-9,11,13H,10,12,14H2,(H,25,27). The molecule has 2 aromatic carbocycles. The predicted octanol–water partition coefficient (Wildman–Crippen LogP) is 4.66. The summed E-state index contributed by atoms with van der Waals surface area (Å²) in [6.07, 6.45) is 1.92. The van der Waals surface area contributed by atoms with Crippen LogP contribution in [-0.4, -0.2) is 23.3 Å². The predicted molar refractivity (Wildman–Crippen MR) is 117 cm³/mol. The highest BCUT2D eigenvalue weighted by molar-refractivity contribution is 9.10. The highest BCUT2D eigenvalue weighted by Gasteiger charge is 2.27. The molecule has 2 amide bonds. The van der Waals surface area contributed by atoms with Crippen LogP contribution in [0.1, 0.15) is 22.3 Å². The van der Waals surface area contributed by atoms with Crippen molar-refractivity contribution in [2.75, 3.05) is 11.4 Å². The Kier molecular flexibility index (Phi) is 5.97. The zero-order valence-corrected chi connectivity index (χ0v) is 17.9. The van der Waals surface area contributed by atoms with Crippen molar-refractivity contribution in [1.82, 2.24) is 10.3 Å². The lowest BCUT2D eigenvalue weighted by molar-refractivity contribution is -0.121. The van der Waals surface area contributed by atoms with Crippen LogP contribution in [0.25, 0.3) is 0 Å². The molecule has 0 fully saturated rings. The number of nitrogens with zero attached hydrogens (tertiary/aromatic N) is 2. The van der Waals surface area contributed by atoms with Gasteiger partial charge in [-0.2, -0.15) is 0 Å². The summed E-state index contributed by atoms with van der Waals surface area (Å²) in [6.45, 7) is 0.736. The molecule has 0 radical (unpaired) electrons. The molecule has 0 aliphatic carbocycles. The SMILES string of the molecule is O=C(CCN1C(=O)c2ccccc2Sc2ncccc21)NCc1cccc(Br)c1. The maximum Gasteiger partial charge on any atom is 0.259 e. The fraction of sp³-hybridized carbons (Fsp3) is 0.136. The first-order valence-electron chi connectivity index (χ1n) is 9.17. The van der Waals surface area contributed by atoms with E-state index in [-0.39, 0.29) is 24.8 Å². The molecule has 3 aromatic rings. The molecule has 1 aliphatic rings. The van der Waals surface area contributed by atoms with Crippen LogP contribution in [0.15, 0.2) is 81.3 Å². The second-order valence-corrected chi connectivity index (χ2v) is 8.49. The third-order valence-electron chi connectivity index (χ3n) is 4.55. The van der Waals surface area contributed by atoms with E-state index in [1.807, 2.05) is 60.7 Å². The molecule has 2 heterocycles. The van der Waals surface area contributed by atoms with Gasteiger partial charge in [0, 0.05) is 35.1 Å². The molecule has 1 aliphatic heterocycles. The molecule has 1 aromatic heterocycles. The lowest BCUT2D eigenvalue weighted by Crippen LogP contribution is -2.35. The molecule has 0 saturated heterocycles. The smallest absolute Gasteiger partial charge is 0.259 e. The topological polar surface area (TPSA) is 62.3 Å². The van der Waals surface area contributed by atoms with Gasteiger partial charge in [-0.15, -0.1) is 0 Å². The molecule has 7 heteroatoms. The maximum atomic E-state index is 13.2. The van der Waals surface area contributed by atoms with Gasteiger partial charge in [-0.1, -0.05) is 52.0 Å². The molecule has 1 N–H and O–H groups in total. The van der Waals surface area contributed by atoms with Crippen LogP contribution >= 0.6 is 27.7 Å². The summed E-state index contributed by atoms with van der Waals surface area (Å²) in [5.41, 5.74) is 2.38. The van der Waals surface area contributed by atoms with Gasteiger partial charge in [0.25, 0.3) is 5.91 Å². The first-order chi connectivity index (χ1) is 14.1. The average molecular weight is 468 g/mol. The van der Waals surface area contributed by atoms with Crippen molar-refractivity contribution in [1.29, 1.82) is 0 Å². The number of hydrogen-bond acceptors (Lipinski definition) is 4. The normalized spacial score (nSPS) is 12.7. The number of carbonyl (C=O) groups is 2. The number of fused-ring (bicyclic) bond motifs is 2. The zero-order chi connectivity index (χ0) is 20.2. The number of nitrogens with one attached hydrogen (secondary N) is 1. The number of anilines is 1. The van der Waals surface area contributed by atoms with Crippen molar-refractivity contribution in [2.24, 2.45) is 0 Å². The molecular weight excluding hydrogens is 450 g/mol. The Morgan fingerprint density at radius 3 is 2.83 bits per heavy atom. The van der Waals surface area contributed by atoms with Crippen LogP contribution in [0.5, 0.6) is 0 Å². The summed E-state index contributed by atoms with van der Waals surface area (Å²) >= 11 is 4.91. The van der Waals surface area contributed by atoms with Crippen molar-refractivity contribution >= 4 is 45.2 Å². The second-order valence-electron chi connectivity index (χ2n) is 6.54. The summed E-state index contributed by atoms with van der Waals surface area (Å²) in [6, 6.07) is 19.0. The van der Waals surface area contributed by atoms with Crippen molar-refractivity contribution in [3.8, 4) is 0 Å².